The Labute approximate surface area is 125 Å². The normalized spacial score (nSPS) is 20.2. The summed E-state index contributed by atoms with van der Waals surface area (Å²) >= 11 is 0. The highest BCUT2D eigenvalue weighted by Gasteiger charge is 2.52. The Morgan fingerprint density at radius 2 is 1.71 bits per heavy atom. The fraction of sp³-hybridized carbons (Fsp3) is 0.538. The highest BCUT2D eigenvalue weighted by atomic mass is 32.2. The van der Waals surface area contributed by atoms with E-state index in [1.807, 2.05) is 27.7 Å². The van der Waals surface area contributed by atoms with Crippen LogP contribution in [0.1, 0.15) is 33.3 Å². The molecule has 1 fully saturated rings. The standard InChI is InChI=1S/C13H19BFNO4S/c1-12(2)13(3,4)20-14(19-12)9-5-8(7-21(17)18)11(16)6-10(9)15/h5-6,21H,7,16H2,1-4H3. The Morgan fingerprint density at radius 3 is 2.19 bits per heavy atom. The summed E-state index contributed by atoms with van der Waals surface area (Å²) in [4.78, 5) is 0. The second kappa shape index (κ2) is 5.26. The van der Waals surface area contributed by atoms with Gasteiger partial charge in [-0.3, -0.25) is 0 Å². The number of rotatable bonds is 3. The number of thiol groups is 1. The Bertz CT molecular complexity index is 621. The lowest BCUT2D eigenvalue weighted by Gasteiger charge is -2.32. The van der Waals surface area contributed by atoms with Gasteiger partial charge in [0.05, 0.1) is 17.0 Å². The molecule has 0 aromatic heterocycles. The van der Waals surface area contributed by atoms with Crippen LogP contribution in [0, 0.1) is 5.82 Å². The lowest BCUT2D eigenvalue weighted by atomic mass is 9.77. The quantitative estimate of drug-likeness (QED) is 0.490. The summed E-state index contributed by atoms with van der Waals surface area (Å²) in [6, 6.07) is 2.51. The Kier molecular flexibility index (Phi) is 4.07. The molecular formula is C13H19BFNO4S. The van der Waals surface area contributed by atoms with Gasteiger partial charge in [-0.15, -0.1) is 0 Å². The van der Waals surface area contributed by atoms with Gasteiger partial charge in [0.1, 0.15) is 16.5 Å². The number of anilines is 1. The van der Waals surface area contributed by atoms with Gasteiger partial charge in [0.2, 0.25) is 0 Å². The molecule has 1 aromatic rings. The van der Waals surface area contributed by atoms with Crippen LogP contribution in [0.3, 0.4) is 0 Å². The number of nitrogens with two attached hydrogens (primary N) is 1. The predicted molar refractivity (Wildman–Crippen MR) is 80.5 cm³/mol. The molecule has 0 unspecified atom stereocenters. The molecule has 0 amide bonds. The number of hydrogen-bond donors (Lipinski definition) is 2. The molecule has 116 valence electrons. The van der Waals surface area contributed by atoms with Crippen LogP contribution < -0.4 is 11.2 Å². The van der Waals surface area contributed by atoms with Gasteiger partial charge in [-0.05, 0) is 39.3 Å². The third-order valence-electron chi connectivity index (χ3n) is 4.07. The second-order valence-electron chi connectivity index (χ2n) is 6.15. The molecule has 0 spiro atoms. The third kappa shape index (κ3) is 3.07. The second-order valence-corrected chi connectivity index (χ2v) is 7.13. The fourth-order valence-electron chi connectivity index (χ4n) is 2.08. The first-order valence-electron chi connectivity index (χ1n) is 6.59. The van der Waals surface area contributed by atoms with E-state index >= 15 is 0 Å². The third-order valence-corrected chi connectivity index (χ3v) is 4.66. The maximum atomic E-state index is 14.1. The van der Waals surface area contributed by atoms with E-state index in [0.29, 0.717) is 5.56 Å². The van der Waals surface area contributed by atoms with Crippen molar-refractivity contribution < 1.29 is 22.1 Å². The van der Waals surface area contributed by atoms with Crippen molar-refractivity contribution in [2.45, 2.75) is 44.6 Å². The van der Waals surface area contributed by atoms with Gasteiger partial charge in [0.15, 0.2) is 0 Å². The molecule has 0 radical (unpaired) electrons. The fourth-order valence-corrected chi connectivity index (χ4v) is 2.63. The molecule has 2 rings (SSSR count). The SMILES string of the molecule is CC1(C)OB(c2cc(C[SH](=O)=O)c(N)cc2F)OC1(C)C. The van der Waals surface area contributed by atoms with E-state index in [2.05, 4.69) is 0 Å². The van der Waals surface area contributed by atoms with Crippen molar-refractivity contribution in [1.82, 2.24) is 0 Å². The summed E-state index contributed by atoms with van der Waals surface area (Å²) in [6.45, 7) is 7.44. The van der Waals surface area contributed by atoms with Crippen LogP contribution in [-0.2, 0) is 25.8 Å². The number of halogens is 1. The van der Waals surface area contributed by atoms with Crippen LogP contribution in [0.15, 0.2) is 12.1 Å². The first kappa shape index (κ1) is 16.3. The van der Waals surface area contributed by atoms with Crippen LogP contribution >= 0.6 is 0 Å². The van der Waals surface area contributed by atoms with Gasteiger partial charge in [0, 0.05) is 11.2 Å². The molecule has 8 heteroatoms. The molecule has 5 nitrogen and oxygen atoms in total. The monoisotopic (exact) mass is 315 g/mol. The summed E-state index contributed by atoms with van der Waals surface area (Å²) < 4.78 is 47.4. The molecule has 1 aromatic carbocycles. The highest BCUT2D eigenvalue weighted by molar-refractivity contribution is 7.71. The minimum absolute atomic E-state index is 0.104. The summed E-state index contributed by atoms with van der Waals surface area (Å²) in [7, 11) is -3.54. The zero-order valence-electron chi connectivity index (χ0n) is 12.5. The van der Waals surface area contributed by atoms with Crippen molar-refractivity contribution in [2.24, 2.45) is 0 Å². The van der Waals surface area contributed by atoms with E-state index in [0.717, 1.165) is 6.07 Å². The van der Waals surface area contributed by atoms with Gasteiger partial charge >= 0.3 is 7.12 Å². The van der Waals surface area contributed by atoms with Crippen molar-refractivity contribution in [2.75, 3.05) is 5.73 Å². The minimum Gasteiger partial charge on any atom is -0.399 e. The first-order valence-corrected chi connectivity index (χ1v) is 7.95. The van der Waals surface area contributed by atoms with Crippen molar-refractivity contribution in [3.63, 3.8) is 0 Å². The van der Waals surface area contributed by atoms with Crippen LogP contribution in [0.2, 0.25) is 0 Å². The van der Waals surface area contributed by atoms with Gasteiger partial charge in [0.25, 0.3) is 0 Å². The van der Waals surface area contributed by atoms with Crippen LogP contribution in [0.5, 0.6) is 0 Å². The van der Waals surface area contributed by atoms with E-state index in [4.69, 9.17) is 15.0 Å². The van der Waals surface area contributed by atoms with Crippen LogP contribution in [0.4, 0.5) is 10.1 Å². The van der Waals surface area contributed by atoms with Crippen molar-refractivity contribution in [1.29, 1.82) is 0 Å². The highest BCUT2D eigenvalue weighted by Crippen LogP contribution is 2.36. The molecule has 21 heavy (non-hydrogen) atoms. The average Bonchev–Trinajstić information content (AvgIpc) is 2.51. The summed E-state index contributed by atoms with van der Waals surface area (Å²) in [5.41, 5.74) is 5.06. The van der Waals surface area contributed by atoms with Crippen molar-refractivity contribution in [3.8, 4) is 0 Å². The number of benzene rings is 1. The summed E-state index contributed by atoms with van der Waals surface area (Å²) in [6.07, 6.45) is 0. The molecule has 1 saturated heterocycles. The molecule has 1 heterocycles. The first-order chi connectivity index (χ1) is 9.53. The zero-order chi connectivity index (χ0) is 16.0. The lowest BCUT2D eigenvalue weighted by Crippen LogP contribution is -2.41. The number of hydrogen-bond acceptors (Lipinski definition) is 5. The van der Waals surface area contributed by atoms with Crippen molar-refractivity contribution in [3.05, 3.63) is 23.5 Å². The lowest BCUT2D eigenvalue weighted by molar-refractivity contribution is 0.00578. The van der Waals surface area contributed by atoms with Gasteiger partial charge in [-0.2, -0.15) is 0 Å². The smallest absolute Gasteiger partial charge is 0.399 e. The van der Waals surface area contributed by atoms with Gasteiger partial charge in [-0.1, -0.05) is 6.07 Å². The Balaban J connectivity index is 2.41. The van der Waals surface area contributed by atoms with Crippen LogP contribution in [0.25, 0.3) is 0 Å². The molecule has 0 aliphatic carbocycles. The Morgan fingerprint density at radius 1 is 1.19 bits per heavy atom. The average molecular weight is 315 g/mol. The molecule has 0 atom stereocenters. The van der Waals surface area contributed by atoms with E-state index in [9.17, 15) is 12.8 Å². The van der Waals surface area contributed by atoms with Crippen LogP contribution in [-0.4, -0.2) is 26.7 Å². The van der Waals surface area contributed by atoms with E-state index in [1.54, 1.807) is 0 Å². The molecule has 0 bridgehead atoms. The van der Waals surface area contributed by atoms with E-state index < -0.39 is 34.8 Å². The van der Waals surface area contributed by atoms with E-state index in [-0.39, 0.29) is 16.9 Å². The largest absolute Gasteiger partial charge is 0.497 e. The predicted octanol–water partition coefficient (Wildman–Crippen LogP) is 0.819. The van der Waals surface area contributed by atoms with E-state index in [1.165, 1.54) is 6.07 Å². The topological polar surface area (TPSA) is 78.6 Å². The number of nitrogen functional groups attached to an aromatic ring is 1. The molecule has 1 aliphatic rings. The maximum absolute atomic E-state index is 14.1. The zero-order valence-corrected chi connectivity index (χ0v) is 13.4. The molecule has 2 N–H and O–H groups in total. The summed E-state index contributed by atoms with van der Waals surface area (Å²) in [5, 5.41) is 0. The summed E-state index contributed by atoms with van der Waals surface area (Å²) in [5.74, 6) is -0.815. The van der Waals surface area contributed by atoms with Gasteiger partial charge < -0.3 is 15.0 Å². The molecule has 1 aliphatic heterocycles. The maximum Gasteiger partial charge on any atom is 0.497 e. The van der Waals surface area contributed by atoms with Crippen molar-refractivity contribution >= 4 is 29.0 Å². The molecular weight excluding hydrogens is 296 g/mol. The molecule has 0 saturated carbocycles. The Hall–Kier alpha value is -1.12. The van der Waals surface area contributed by atoms with Gasteiger partial charge in [-0.25, -0.2) is 12.8 Å². The minimum atomic E-state index is -2.65.